The minimum atomic E-state index is -3.66. The van der Waals surface area contributed by atoms with Crippen molar-refractivity contribution in [3.05, 3.63) is 40.7 Å². The number of aromatic nitrogens is 2. The second-order valence-corrected chi connectivity index (χ2v) is 9.36. The predicted octanol–water partition coefficient (Wildman–Crippen LogP) is 1.81. The zero-order chi connectivity index (χ0) is 20.1. The van der Waals surface area contributed by atoms with Gasteiger partial charge < -0.3 is 4.90 Å². The lowest BCUT2D eigenvalue weighted by Crippen LogP contribution is -2.33. The number of benzene rings is 1. The lowest BCUT2D eigenvalue weighted by atomic mass is 9.86. The summed E-state index contributed by atoms with van der Waals surface area (Å²) in [6, 6.07) is 4.86. The Hall–Kier alpha value is -2.19. The van der Waals surface area contributed by atoms with Crippen LogP contribution < -0.4 is 9.62 Å². The lowest BCUT2D eigenvalue weighted by Gasteiger charge is -2.16. The Morgan fingerprint density at radius 2 is 1.85 bits per heavy atom. The van der Waals surface area contributed by atoms with Crippen molar-refractivity contribution in [2.24, 2.45) is 7.05 Å². The first-order chi connectivity index (χ1) is 12.5. The molecule has 1 aromatic carbocycles. The van der Waals surface area contributed by atoms with Crippen molar-refractivity contribution in [2.45, 2.75) is 44.4 Å². The molecule has 1 N–H and O–H groups in total. The Kier molecular flexibility index (Phi) is 4.68. The number of aryl methyl sites for hydroxylation is 2. The van der Waals surface area contributed by atoms with Crippen LogP contribution in [0.4, 0.5) is 5.69 Å². The van der Waals surface area contributed by atoms with Gasteiger partial charge in [0.25, 0.3) is 0 Å². The van der Waals surface area contributed by atoms with Crippen LogP contribution in [-0.2, 0) is 33.7 Å². The highest BCUT2D eigenvalue weighted by Crippen LogP contribution is 2.41. The molecule has 1 aliphatic heterocycles. The van der Waals surface area contributed by atoms with Gasteiger partial charge in [-0.15, -0.1) is 0 Å². The van der Waals surface area contributed by atoms with Crippen LogP contribution >= 0.6 is 0 Å². The van der Waals surface area contributed by atoms with Gasteiger partial charge in [-0.1, -0.05) is 0 Å². The number of nitrogens with zero attached hydrogens (tertiary/aromatic N) is 3. The molecule has 2 aromatic rings. The minimum absolute atomic E-state index is 0.0393. The Labute approximate surface area is 160 Å². The van der Waals surface area contributed by atoms with Crippen molar-refractivity contribution in [2.75, 3.05) is 18.5 Å². The standard InChI is InChI=1S/C19H26N4O3S/c1-12-15(13(2)23(6)21-12)9-10-20-27(25,26)14-7-8-17-16(11-14)19(3,4)18(24)22(17)5/h7-8,11,20H,9-10H2,1-6H3. The third kappa shape index (κ3) is 3.17. The molecule has 0 saturated heterocycles. The summed E-state index contributed by atoms with van der Waals surface area (Å²) in [5.41, 5.74) is 3.76. The Morgan fingerprint density at radius 3 is 2.44 bits per heavy atom. The van der Waals surface area contributed by atoms with Crippen LogP contribution in [-0.4, -0.2) is 37.7 Å². The van der Waals surface area contributed by atoms with E-state index in [4.69, 9.17) is 0 Å². The van der Waals surface area contributed by atoms with Gasteiger partial charge in [0.15, 0.2) is 0 Å². The molecule has 0 bridgehead atoms. The highest BCUT2D eigenvalue weighted by atomic mass is 32.2. The third-order valence-corrected chi connectivity index (χ3v) is 6.94. The van der Waals surface area contributed by atoms with Crippen molar-refractivity contribution >= 4 is 21.6 Å². The van der Waals surface area contributed by atoms with E-state index in [0.717, 1.165) is 28.2 Å². The van der Waals surface area contributed by atoms with E-state index < -0.39 is 15.4 Å². The van der Waals surface area contributed by atoms with Gasteiger partial charge in [-0.05, 0) is 63.4 Å². The van der Waals surface area contributed by atoms with E-state index in [-0.39, 0.29) is 17.3 Å². The number of nitrogens with one attached hydrogen (secondary N) is 1. The first-order valence-corrected chi connectivity index (χ1v) is 10.4. The molecule has 0 atom stereocenters. The number of sulfonamides is 1. The molecule has 1 aliphatic rings. The molecule has 0 saturated carbocycles. The molecular weight excluding hydrogens is 364 g/mol. The Bertz CT molecular complexity index is 1020. The van der Waals surface area contributed by atoms with Crippen LogP contribution in [0.5, 0.6) is 0 Å². The molecule has 1 amide bonds. The van der Waals surface area contributed by atoms with Crippen LogP contribution in [0.2, 0.25) is 0 Å². The number of anilines is 1. The summed E-state index contributed by atoms with van der Waals surface area (Å²) in [4.78, 5) is 14.1. The fourth-order valence-electron chi connectivity index (χ4n) is 3.69. The van der Waals surface area contributed by atoms with Crippen LogP contribution in [0.15, 0.2) is 23.1 Å². The molecule has 146 valence electrons. The summed E-state index contributed by atoms with van der Waals surface area (Å²) in [5, 5.41) is 4.36. The number of hydrogen-bond donors (Lipinski definition) is 1. The van der Waals surface area contributed by atoms with Crippen molar-refractivity contribution < 1.29 is 13.2 Å². The number of hydrogen-bond acceptors (Lipinski definition) is 4. The first kappa shape index (κ1) is 19.6. The molecule has 0 aliphatic carbocycles. The lowest BCUT2D eigenvalue weighted by molar-refractivity contribution is -0.121. The smallest absolute Gasteiger partial charge is 0.240 e. The van der Waals surface area contributed by atoms with Crippen LogP contribution in [0.3, 0.4) is 0 Å². The van der Waals surface area contributed by atoms with Gasteiger partial charge in [0.05, 0.1) is 16.0 Å². The van der Waals surface area contributed by atoms with Crippen LogP contribution in [0.25, 0.3) is 0 Å². The number of carbonyl (C=O) groups is 1. The maximum atomic E-state index is 12.7. The summed E-state index contributed by atoms with van der Waals surface area (Å²) < 4.78 is 29.9. The van der Waals surface area contributed by atoms with Crippen molar-refractivity contribution in [1.29, 1.82) is 0 Å². The molecule has 0 unspecified atom stereocenters. The van der Waals surface area contributed by atoms with Crippen molar-refractivity contribution in [3.8, 4) is 0 Å². The van der Waals surface area contributed by atoms with Crippen molar-refractivity contribution in [3.63, 3.8) is 0 Å². The van der Waals surface area contributed by atoms with Crippen LogP contribution in [0.1, 0.15) is 36.4 Å². The van der Waals surface area contributed by atoms with Gasteiger partial charge in [0.1, 0.15) is 0 Å². The molecule has 27 heavy (non-hydrogen) atoms. The van der Waals surface area contributed by atoms with Crippen molar-refractivity contribution in [1.82, 2.24) is 14.5 Å². The van der Waals surface area contributed by atoms with Gasteiger partial charge >= 0.3 is 0 Å². The second kappa shape index (κ2) is 6.45. The fourth-order valence-corrected chi connectivity index (χ4v) is 4.75. The maximum Gasteiger partial charge on any atom is 0.240 e. The summed E-state index contributed by atoms with van der Waals surface area (Å²) in [7, 11) is -0.0782. The van der Waals surface area contributed by atoms with Gasteiger partial charge in [-0.25, -0.2) is 13.1 Å². The van der Waals surface area contributed by atoms with Crippen LogP contribution in [0, 0.1) is 13.8 Å². The van der Waals surface area contributed by atoms with Gasteiger partial charge in [-0.2, -0.15) is 5.10 Å². The second-order valence-electron chi connectivity index (χ2n) is 7.59. The largest absolute Gasteiger partial charge is 0.314 e. The van der Waals surface area contributed by atoms with E-state index in [1.54, 1.807) is 34.8 Å². The topological polar surface area (TPSA) is 84.3 Å². The first-order valence-electron chi connectivity index (χ1n) is 8.88. The van der Waals surface area contributed by atoms with Gasteiger partial charge in [0.2, 0.25) is 15.9 Å². The number of likely N-dealkylation sites (N-methyl/N-ethyl adjacent to an activating group) is 1. The SMILES string of the molecule is Cc1nn(C)c(C)c1CCNS(=O)(=O)c1ccc2c(c1)C(C)(C)C(=O)N2C. The molecule has 0 fully saturated rings. The average Bonchev–Trinajstić information content (AvgIpc) is 2.94. The number of amides is 1. The predicted molar refractivity (Wildman–Crippen MR) is 104 cm³/mol. The third-order valence-electron chi connectivity index (χ3n) is 5.48. The highest BCUT2D eigenvalue weighted by molar-refractivity contribution is 7.89. The molecule has 8 heteroatoms. The zero-order valence-electron chi connectivity index (χ0n) is 16.6. The molecule has 2 heterocycles. The van der Waals surface area contributed by atoms with Gasteiger partial charge in [0, 0.05) is 32.0 Å². The average molecular weight is 391 g/mol. The summed E-state index contributed by atoms with van der Waals surface area (Å²) >= 11 is 0. The quantitative estimate of drug-likeness (QED) is 0.844. The van der Waals surface area contributed by atoms with E-state index in [0.29, 0.717) is 6.42 Å². The summed E-state index contributed by atoms with van der Waals surface area (Å²) in [5.74, 6) is -0.0393. The van der Waals surface area contributed by atoms with E-state index in [9.17, 15) is 13.2 Å². The minimum Gasteiger partial charge on any atom is -0.314 e. The van der Waals surface area contributed by atoms with E-state index in [2.05, 4.69) is 9.82 Å². The summed E-state index contributed by atoms with van der Waals surface area (Å²) in [6.07, 6.45) is 0.572. The molecule has 1 aromatic heterocycles. The zero-order valence-corrected chi connectivity index (χ0v) is 17.4. The summed E-state index contributed by atoms with van der Waals surface area (Å²) in [6.45, 7) is 7.81. The highest BCUT2D eigenvalue weighted by Gasteiger charge is 2.42. The number of fused-ring (bicyclic) bond motifs is 1. The molecule has 0 spiro atoms. The normalized spacial score (nSPS) is 16.1. The Balaban J connectivity index is 1.80. The molecule has 7 nitrogen and oxygen atoms in total. The molecular formula is C19H26N4O3S. The van der Waals surface area contributed by atoms with Gasteiger partial charge in [-0.3, -0.25) is 9.48 Å². The van der Waals surface area contributed by atoms with E-state index in [1.807, 2.05) is 34.7 Å². The Morgan fingerprint density at radius 1 is 1.19 bits per heavy atom. The number of carbonyl (C=O) groups excluding carboxylic acids is 1. The maximum absolute atomic E-state index is 12.7. The fraction of sp³-hybridized carbons (Fsp3) is 0.474. The molecule has 0 radical (unpaired) electrons. The number of rotatable bonds is 5. The van der Waals surface area contributed by atoms with E-state index in [1.165, 1.54) is 0 Å². The van der Waals surface area contributed by atoms with E-state index >= 15 is 0 Å². The monoisotopic (exact) mass is 390 g/mol. The molecule has 3 rings (SSSR count).